The molecule has 1 heterocycles. The van der Waals surface area contributed by atoms with Crippen LogP contribution in [0.15, 0.2) is 30.3 Å². The molecule has 1 aromatic carbocycles. The lowest BCUT2D eigenvalue weighted by Crippen LogP contribution is -2.28. The number of nitrogens with zero attached hydrogens (tertiary/aromatic N) is 1. The summed E-state index contributed by atoms with van der Waals surface area (Å²) in [5.41, 5.74) is 2.08. The van der Waals surface area contributed by atoms with Crippen LogP contribution in [-0.2, 0) is 6.54 Å². The number of piperidine rings is 1. The number of hydrogen-bond donors (Lipinski definition) is 1. The molecule has 1 saturated carbocycles. The lowest BCUT2D eigenvalue weighted by atomic mass is 10.0. The van der Waals surface area contributed by atoms with Gasteiger partial charge in [0, 0.05) is 26.2 Å². The zero-order valence-corrected chi connectivity index (χ0v) is 10.7. The standard InChI is InChI=1S/C15H21NO/c1-14-10-16(8-12-6-4-3-5-7-12)11-15(14,2)13(14)9-17/h3-7,13,17H,8-11H2,1-2H3/t13-,14-,15+. The van der Waals surface area contributed by atoms with Gasteiger partial charge in [-0.15, -0.1) is 0 Å². The maximum Gasteiger partial charge on any atom is 0.0471 e. The normalized spacial score (nSPS) is 40.3. The Morgan fingerprint density at radius 1 is 1.18 bits per heavy atom. The number of likely N-dealkylation sites (tertiary alicyclic amines) is 1. The molecule has 0 radical (unpaired) electrons. The molecule has 1 aliphatic carbocycles. The average Bonchev–Trinajstić information content (AvgIpc) is 2.60. The third-order valence-electron chi connectivity index (χ3n) is 5.30. The zero-order chi connectivity index (χ0) is 12.1. The summed E-state index contributed by atoms with van der Waals surface area (Å²) >= 11 is 0. The van der Waals surface area contributed by atoms with Gasteiger partial charge in [0.25, 0.3) is 0 Å². The highest BCUT2D eigenvalue weighted by atomic mass is 16.3. The summed E-state index contributed by atoms with van der Waals surface area (Å²) in [6.07, 6.45) is 0. The number of fused-ring (bicyclic) bond motifs is 1. The van der Waals surface area contributed by atoms with E-state index in [1.165, 1.54) is 5.56 Å². The van der Waals surface area contributed by atoms with Gasteiger partial charge in [-0.1, -0.05) is 44.2 Å². The van der Waals surface area contributed by atoms with Crippen molar-refractivity contribution >= 4 is 0 Å². The van der Waals surface area contributed by atoms with Gasteiger partial charge in [-0.2, -0.15) is 0 Å². The first-order chi connectivity index (χ1) is 8.10. The molecule has 3 rings (SSSR count). The molecule has 1 saturated heterocycles. The van der Waals surface area contributed by atoms with Crippen LogP contribution in [0.3, 0.4) is 0 Å². The molecule has 0 spiro atoms. The Morgan fingerprint density at radius 2 is 1.76 bits per heavy atom. The summed E-state index contributed by atoms with van der Waals surface area (Å²) in [6, 6.07) is 10.7. The second kappa shape index (κ2) is 3.56. The fourth-order valence-electron chi connectivity index (χ4n) is 4.00. The first-order valence-corrected chi connectivity index (χ1v) is 6.47. The van der Waals surface area contributed by atoms with Crippen molar-refractivity contribution in [3.8, 4) is 0 Å². The van der Waals surface area contributed by atoms with Crippen molar-refractivity contribution in [2.75, 3.05) is 19.7 Å². The summed E-state index contributed by atoms with van der Waals surface area (Å²) in [5.74, 6) is 0.516. The van der Waals surface area contributed by atoms with E-state index in [-0.39, 0.29) is 0 Å². The predicted molar refractivity (Wildman–Crippen MR) is 68.5 cm³/mol. The Labute approximate surface area is 103 Å². The van der Waals surface area contributed by atoms with Gasteiger partial charge in [0.15, 0.2) is 0 Å². The van der Waals surface area contributed by atoms with Gasteiger partial charge in [0.1, 0.15) is 0 Å². The Kier molecular flexibility index (Phi) is 2.36. The zero-order valence-electron chi connectivity index (χ0n) is 10.7. The molecular formula is C15H21NO. The van der Waals surface area contributed by atoms with Crippen molar-refractivity contribution in [3.63, 3.8) is 0 Å². The predicted octanol–water partition coefficient (Wildman–Crippen LogP) is 2.14. The molecule has 1 N–H and O–H groups in total. The van der Waals surface area contributed by atoms with Crippen molar-refractivity contribution in [2.45, 2.75) is 20.4 Å². The second-order valence-electron chi connectivity index (χ2n) is 6.20. The highest BCUT2D eigenvalue weighted by molar-refractivity contribution is 5.24. The molecule has 1 aliphatic heterocycles. The molecular weight excluding hydrogens is 210 g/mol. The summed E-state index contributed by atoms with van der Waals surface area (Å²) in [6.45, 7) is 8.32. The molecule has 0 amide bonds. The van der Waals surface area contributed by atoms with Crippen molar-refractivity contribution in [3.05, 3.63) is 35.9 Å². The van der Waals surface area contributed by atoms with Crippen LogP contribution < -0.4 is 0 Å². The van der Waals surface area contributed by atoms with Crippen LogP contribution in [0, 0.1) is 16.7 Å². The third-order valence-corrected chi connectivity index (χ3v) is 5.30. The van der Waals surface area contributed by atoms with E-state index in [9.17, 15) is 5.11 Å². The van der Waals surface area contributed by atoms with Crippen molar-refractivity contribution < 1.29 is 5.11 Å². The molecule has 2 fully saturated rings. The minimum Gasteiger partial charge on any atom is -0.396 e. The van der Waals surface area contributed by atoms with Crippen molar-refractivity contribution in [1.29, 1.82) is 0 Å². The van der Waals surface area contributed by atoms with Crippen LogP contribution in [0.5, 0.6) is 0 Å². The van der Waals surface area contributed by atoms with Gasteiger partial charge in [0.2, 0.25) is 0 Å². The number of benzene rings is 1. The monoisotopic (exact) mass is 231 g/mol. The van der Waals surface area contributed by atoms with Gasteiger partial charge in [0.05, 0.1) is 0 Å². The highest BCUT2D eigenvalue weighted by Gasteiger charge is 2.73. The molecule has 2 heteroatoms. The minimum absolute atomic E-state index is 0.344. The molecule has 17 heavy (non-hydrogen) atoms. The summed E-state index contributed by atoms with van der Waals surface area (Å²) in [4.78, 5) is 2.53. The van der Waals surface area contributed by atoms with Crippen LogP contribution in [-0.4, -0.2) is 29.7 Å². The van der Waals surface area contributed by atoms with Gasteiger partial charge in [-0.25, -0.2) is 0 Å². The largest absolute Gasteiger partial charge is 0.396 e. The van der Waals surface area contributed by atoms with Crippen LogP contribution >= 0.6 is 0 Å². The molecule has 1 aromatic rings. The maximum atomic E-state index is 9.40. The molecule has 3 atom stereocenters. The molecule has 2 aliphatic rings. The summed E-state index contributed by atoms with van der Waals surface area (Å²) in [5, 5.41) is 9.40. The SMILES string of the molecule is C[C@@]12CN(Cc3ccccc3)C[C@]1(C)[C@H]2CO. The van der Waals surface area contributed by atoms with Crippen molar-refractivity contribution in [2.24, 2.45) is 16.7 Å². The van der Waals surface area contributed by atoms with E-state index in [2.05, 4.69) is 49.1 Å². The number of rotatable bonds is 3. The Hall–Kier alpha value is -0.860. The van der Waals surface area contributed by atoms with Crippen molar-refractivity contribution in [1.82, 2.24) is 4.90 Å². The molecule has 0 bridgehead atoms. The fraction of sp³-hybridized carbons (Fsp3) is 0.600. The van der Waals surface area contributed by atoms with E-state index in [1.807, 2.05) is 0 Å². The van der Waals surface area contributed by atoms with Gasteiger partial charge < -0.3 is 5.11 Å². The average molecular weight is 231 g/mol. The van der Waals surface area contributed by atoms with E-state index in [1.54, 1.807) is 0 Å². The minimum atomic E-state index is 0.344. The van der Waals surface area contributed by atoms with Crippen LogP contribution in [0.25, 0.3) is 0 Å². The lowest BCUT2D eigenvalue weighted by Gasteiger charge is -2.22. The van der Waals surface area contributed by atoms with E-state index in [4.69, 9.17) is 0 Å². The topological polar surface area (TPSA) is 23.5 Å². The first-order valence-electron chi connectivity index (χ1n) is 6.47. The summed E-state index contributed by atoms with van der Waals surface area (Å²) < 4.78 is 0. The number of hydrogen-bond acceptors (Lipinski definition) is 2. The fourth-order valence-corrected chi connectivity index (χ4v) is 4.00. The van der Waals surface area contributed by atoms with E-state index in [0.717, 1.165) is 19.6 Å². The van der Waals surface area contributed by atoms with Gasteiger partial charge >= 0.3 is 0 Å². The first kappa shape index (κ1) is 11.2. The summed E-state index contributed by atoms with van der Waals surface area (Å²) in [7, 11) is 0. The maximum absolute atomic E-state index is 9.40. The number of aliphatic hydroxyl groups excluding tert-OH is 1. The molecule has 2 nitrogen and oxygen atoms in total. The van der Waals surface area contributed by atoms with Crippen LogP contribution in [0.4, 0.5) is 0 Å². The second-order valence-corrected chi connectivity index (χ2v) is 6.20. The Bertz CT molecular complexity index is 400. The quantitative estimate of drug-likeness (QED) is 0.861. The van der Waals surface area contributed by atoms with Crippen LogP contribution in [0.2, 0.25) is 0 Å². The van der Waals surface area contributed by atoms with Gasteiger partial charge in [-0.05, 0) is 22.3 Å². The molecule has 92 valence electrons. The highest BCUT2D eigenvalue weighted by Crippen LogP contribution is 2.72. The number of aliphatic hydroxyl groups is 1. The molecule has 0 aromatic heterocycles. The van der Waals surface area contributed by atoms with E-state index in [0.29, 0.717) is 23.4 Å². The Balaban J connectivity index is 1.68. The third kappa shape index (κ3) is 1.47. The van der Waals surface area contributed by atoms with E-state index >= 15 is 0 Å². The Morgan fingerprint density at radius 3 is 2.29 bits per heavy atom. The lowest BCUT2D eigenvalue weighted by molar-refractivity contribution is 0.185. The van der Waals surface area contributed by atoms with E-state index < -0.39 is 0 Å². The smallest absolute Gasteiger partial charge is 0.0471 e. The van der Waals surface area contributed by atoms with Gasteiger partial charge in [-0.3, -0.25) is 4.90 Å². The van der Waals surface area contributed by atoms with Crippen LogP contribution in [0.1, 0.15) is 19.4 Å². The molecule has 0 unspecified atom stereocenters.